The van der Waals surface area contributed by atoms with E-state index in [0.717, 1.165) is 11.8 Å². The van der Waals surface area contributed by atoms with E-state index in [-0.39, 0.29) is 50.6 Å². The normalized spacial score (nSPS) is 11.4. The summed E-state index contributed by atoms with van der Waals surface area (Å²) in [6, 6.07) is 9.14. The minimum Gasteiger partial charge on any atom is -0.492 e. The van der Waals surface area contributed by atoms with Crippen LogP contribution in [0.4, 0.5) is 11.4 Å². The lowest BCUT2D eigenvalue weighted by molar-refractivity contribution is 0.0585. The van der Waals surface area contributed by atoms with Gasteiger partial charge in [0.25, 0.3) is 5.91 Å². The molecule has 0 saturated carbocycles. The SMILES string of the molecule is COC(=O)c1nccc(Oc2cc(C(=O)Nc3cc(C(C)(C)C)cc(NS(C)(=O)=O)c3OC)ccc2Cl)n1. The molecule has 1 heterocycles. The highest BCUT2D eigenvalue weighted by Gasteiger charge is 2.23. The Morgan fingerprint density at radius 2 is 1.71 bits per heavy atom. The van der Waals surface area contributed by atoms with Gasteiger partial charge in [-0.1, -0.05) is 32.4 Å². The number of aromatic nitrogens is 2. The van der Waals surface area contributed by atoms with Gasteiger partial charge in [0.1, 0.15) is 5.75 Å². The van der Waals surface area contributed by atoms with Gasteiger partial charge >= 0.3 is 5.97 Å². The van der Waals surface area contributed by atoms with Crippen LogP contribution in [0.15, 0.2) is 42.6 Å². The first kappa shape index (κ1) is 28.7. The molecular formula is C25H27ClN4O7S. The van der Waals surface area contributed by atoms with E-state index in [1.54, 1.807) is 12.1 Å². The van der Waals surface area contributed by atoms with Gasteiger partial charge in [0, 0.05) is 17.8 Å². The van der Waals surface area contributed by atoms with Crippen molar-refractivity contribution >= 4 is 44.9 Å². The number of benzene rings is 2. The standard InChI is InChI=1S/C25H27ClN4O7S/c1-25(2,3)15-12-17(21(35-4)18(13-15)30-38(6,33)34)28-23(31)14-7-8-16(26)19(11-14)37-20-9-10-27-22(29-20)24(32)36-5/h7-13,30H,1-6H3,(H,28,31). The van der Waals surface area contributed by atoms with Crippen molar-refractivity contribution in [3.8, 4) is 17.4 Å². The van der Waals surface area contributed by atoms with Gasteiger partial charge in [-0.05, 0) is 41.3 Å². The first-order chi connectivity index (χ1) is 17.7. The van der Waals surface area contributed by atoms with Crippen LogP contribution in [0.25, 0.3) is 0 Å². The van der Waals surface area contributed by atoms with Crippen molar-refractivity contribution in [3.05, 3.63) is 64.6 Å². The molecule has 38 heavy (non-hydrogen) atoms. The minimum atomic E-state index is -3.63. The summed E-state index contributed by atoms with van der Waals surface area (Å²) in [6.07, 6.45) is 2.34. The lowest BCUT2D eigenvalue weighted by Gasteiger charge is -2.24. The predicted octanol–water partition coefficient (Wildman–Crippen LogP) is 4.64. The average Bonchev–Trinajstić information content (AvgIpc) is 2.83. The van der Waals surface area contributed by atoms with Crippen LogP contribution in [0.1, 0.15) is 47.3 Å². The van der Waals surface area contributed by atoms with Crippen molar-refractivity contribution in [3.63, 3.8) is 0 Å². The van der Waals surface area contributed by atoms with Crippen molar-refractivity contribution in [2.24, 2.45) is 0 Å². The van der Waals surface area contributed by atoms with Crippen LogP contribution >= 0.6 is 11.6 Å². The second-order valence-electron chi connectivity index (χ2n) is 9.14. The molecule has 0 atom stereocenters. The summed E-state index contributed by atoms with van der Waals surface area (Å²) >= 11 is 6.26. The van der Waals surface area contributed by atoms with E-state index in [2.05, 4.69) is 24.7 Å². The van der Waals surface area contributed by atoms with Crippen LogP contribution in [0, 0.1) is 0 Å². The zero-order valence-electron chi connectivity index (χ0n) is 21.6. The summed E-state index contributed by atoms with van der Waals surface area (Å²) in [5.74, 6) is -1.25. The van der Waals surface area contributed by atoms with Crippen LogP contribution in [-0.2, 0) is 20.2 Å². The van der Waals surface area contributed by atoms with Crippen LogP contribution in [0.3, 0.4) is 0 Å². The number of esters is 1. The molecule has 0 aliphatic rings. The number of sulfonamides is 1. The summed E-state index contributed by atoms with van der Waals surface area (Å²) in [6.45, 7) is 5.85. The van der Waals surface area contributed by atoms with E-state index >= 15 is 0 Å². The Bertz CT molecular complexity index is 1490. The minimum absolute atomic E-state index is 0.0101. The molecule has 0 fully saturated rings. The Morgan fingerprint density at radius 3 is 2.32 bits per heavy atom. The van der Waals surface area contributed by atoms with Gasteiger partial charge in [0.05, 0.1) is 36.9 Å². The van der Waals surface area contributed by atoms with Crippen LogP contribution in [0.5, 0.6) is 17.4 Å². The fourth-order valence-electron chi connectivity index (χ4n) is 3.27. The number of methoxy groups -OCH3 is 2. The molecule has 0 unspecified atom stereocenters. The zero-order chi connectivity index (χ0) is 28.3. The van der Waals surface area contributed by atoms with Gasteiger partial charge in [-0.15, -0.1) is 0 Å². The third-order valence-corrected chi connectivity index (χ3v) is 6.01. The van der Waals surface area contributed by atoms with Crippen molar-refractivity contribution in [1.29, 1.82) is 0 Å². The van der Waals surface area contributed by atoms with Crippen molar-refractivity contribution in [2.45, 2.75) is 26.2 Å². The highest BCUT2D eigenvalue weighted by molar-refractivity contribution is 7.92. The van der Waals surface area contributed by atoms with Gasteiger partial charge in [-0.25, -0.2) is 18.2 Å². The third kappa shape index (κ3) is 7.11. The molecule has 13 heteroatoms. The number of nitrogens with zero attached hydrogens (tertiary/aromatic N) is 2. The molecule has 1 aromatic heterocycles. The van der Waals surface area contributed by atoms with Gasteiger partial charge in [0.15, 0.2) is 5.75 Å². The topological polar surface area (TPSA) is 146 Å². The van der Waals surface area contributed by atoms with Crippen molar-refractivity contribution in [2.75, 3.05) is 30.5 Å². The van der Waals surface area contributed by atoms with E-state index in [4.69, 9.17) is 21.1 Å². The second-order valence-corrected chi connectivity index (χ2v) is 11.3. The van der Waals surface area contributed by atoms with Crippen molar-refractivity contribution in [1.82, 2.24) is 9.97 Å². The van der Waals surface area contributed by atoms with E-state index in [1.165, 1.54) is 44.7 Å². The van der Waals surface area contributed by atoms with Gasteiger partial charge < -0.3 is 19.5 Å². The van der Waals surface area contributed by atoms with Gasteiger partial charge in [-0.3, -0.25) is 9.52 Å². The zero-order valence-corrected chi connectivity index (χ0v) is 23.2. The first-order valence-corrected chi connectivity index (χ1v) is 13.4. The van der Waals surface area contributed by atoms with Crippen LogP contribution in [0.2, 0.25) is 5.02 Å². The molecule has 1 amide bonds. The number of rotatable bonds is 8. The molecule has 0 saturated heterocycles. The quantitative estimate of drug-likeness (QED) is 0.375. The number of carbonyl (C=O) groups excluding carboxylic acids is 2. The summed E-state index contributed by atoms with van der Waals surface area (Å²) in [5.41, 5.74) is 0.995. The Balaban J connectivity index is 1.97. The van der Waals surface area contributed by atoms with Crippen molar-refractivity contribution < 1.29 is 32.2 Å². The molecule has 2 aromatic carbocycles. The molecule has 202 valence electrons. The Hall–Kier alpha value is -3.90. The molecular weight excluding hydrogens is 536 g/mol. The number of anilines is 2. The Kier molecular flexibility index (Phi) is 8.48. The van der Waals surface area contributed by atoms with E-state index in [1.807, 2.05) is 20.8 Å². The number of amides is 1. The third-order valence-electron chi connectivity index (χ3n) is 5.11. The fourth-order valence-corrected chi connectivity index (χ4v) is 3.98. The number of hydrogen-bond acceptors (Lipinski definition) is 9. The summed E-state index contributed by atoms with van der Waals surface area (Å²) in [5, 5.41) is 2.96. The number of carbonyl (C=O) groups is 2. The lowest BCUT2D eigenvalue weighted by Crippen LogP contribution is -2.18. The number of hydrogen-bond donors (Lipinski definition) is 2. The van der Waals surface area contributed by atoms with E-state index in [9.17, 15) is 18.0 Å². The van der Waals surface area contributed by atoms with Crippen LogP contribution in [-0.4, -0.2) is 50.7 Å². The molecule has 3 rings (SSSR count). The maximum Gasteiger partial charge on any atom is 0.376 e. The number of ether oxygens (including phenoxy) is 3. The highest BCUT2D eigenvalue weighted by Crippen LogP contribution is 2.39. The average molecular weight is 563 g/mol. The molecule has 0 radical (unpaired) electrons. The number of nitrogens with one attached hydrogen (secondary N) is 2. The molecule has 0 spiro atoms. The molecule has 3 aromatic rings. The molecule has 0 aliphatic heterocycles. The summed E-state index contributed by atoms with van der Waals surface area (Å²) < 4.78 is 42.1. The summed E-state index contributed by atoms with van der Waals surface area (Å²) in [4.78, 5) is 32.8. The highest BCUT2D eigenvalue weighted by atomic mass is 35.5. The van der Waals surface area contributed by atoms with Gasteiger partial charge in [0.2, 0.25) is 21.7 Å². The smallest absolute Gasteiger partial charge is 0.376 e. The maximum absolute atomic E-state index is 13.2. The maximum atomic E-state index is 13.2. The lowest BCUT2D eigenvalue weighted by atomic mass is 9.86. The Morgan fingerprint density at radius 1 is 1.03 bits per heavy atom. The predicted molar refractivity (Wildman–Crippen MR) is 143 cm³/mol. The first-order valence-electron chi connectivity index (χ1n) is 11.1. The van der Waals surface area contributed by atoms with Crippen LogP contribution < -0.4 is 19.5 Å². The fraction of sp³-hybridized carbons (Fsp3) is 0.280. The molecule has 2 N–H and O–H groups in total. The second kappa shape index (κ2) is 11.2. The summed E-state index contributed by atoms with van der Waals surface area (Å²) in [7, 11) is -1.07. The molecule has 0 bridgehead atoms. The Labute approximate surface area is 225 Å². The monoisotopic (exact) mass is 562 g/mol. The van der Waals surface area contributed by atoms with Gasteiger partial charge in [-0.2, -0.15) is 4.98 Å². The molecule has 0 aliphatic carbocycles. The van der Waals surface area contributed by atoms with E-state index in [0.29, 0.717) is 0 Å². The van der Waals surface area contributed by atoms with E-state index < -0.39 is 21.9 Å². The number of halogens is 1. The largest absolute Gasteiger partial charge is 0.492 e. The molecule has 11 nitrogen and oxygen atoms in total.